The molecule has 1 aliphatic rings. The molecular formula is C16H21F3N2O2. The molecule has 2 rings (SSSR count). The Morgan fingerprint density at radius 2 is 1.91 bits per heavy atom. The van der Waals surface area contributed by atoms with Gasteiger partial charge in [-0.2, -0.15) is 0 Å². The van der Waals surface area contributed by atoms with Crippen molar-refractivity contribution in [2.75, 3.05) is 31.1 Å². The van der Waals surface area contributed by atoms with E-state index in [9.17, 15) is 18.0 Å². The zero-order valence-electron chi connectivity index (χ0n) is 13.3. The second kappa shape index (κ2) is 7.57. The largest absolute Gasteiger partial charge is 0.449 e. The minimum absolute atomic E-state index is 0.172. The van der Waals surface area contributed by atoms with Crippen LogP contribution in [-0.2, 0) is 4.74 Å². The predicted molar refractivity (Wildman–Crippen MR) is 81.0 cm³/mol. The van der Waals surface area contributed by atoms with Crippen LogP contribution in [0.15, 0.2) is 12.1 Å². The summed E-state index contributed by atoms with van der Waals surface area (Å²) in [4.78, 5) is 15.3. The highest BCUT2D eigenvalue weighted by Crippen LogP contribution is 2.24. The Morgan fingerprint density at radius 1 is 1.26 bits per heavy atom. The predicted octanol–water partition coefficient (Wildman–Crippen LogP) is 3.55. The Labute approximate surface area is 133 Å². The van der Waals surface area contributed by atoms with E-state index >= 15 is 0 Å². The van der Waals surface area contributed by atoms with Gasteiger partial charge in [-0.05, 0) is 13.3 Å². The highest BCUT2D eigenvalue weighted by molar-refractivity contribution is 5.68. The van der Waals surface area contributed by atoms with E-state index in [0.717, 1.165) is 25.0 Å². The number of carbonyl (C=O) groups excluding carboxylic acids is 1. The van der Waals surface area contributed by atoms with Crippen LogP contribution in [0.3, 0.4) is 0 Å². The van der Waals surface area contributed by atoms with Gasteiger partial charge in [-0.1, -0.05) is 13.3 Å². The van der Waals surface area contributed by atoms with Gasteiger partial charge >= 0.3 is 6.09 Å². The molecule has 7 heteroatoms. The number of unbranched alkanes of at least 4 members (excludes halogenated alkanes) is 1. The van der Waals surface area contributed by atoms with Gasteiger partial charge in [-0.15, -0.1) is 0 Å². The van der Waals surface area contributed by atoms with Crippen molar-refractivity contribution in [3.8, 4) is 0 Å². The fraction of sp³-hybridized carbons (Fsp3) is 0.562. The number of halogens is 3. The Hall–Kier alpha value is -1.92. The van der Waals surface area contributed by atoms with Gasteiger partial charge in [0.05, 0.1) is 6.61 Å². The monoisotopic (exact) mass is 330 g/mol. The highest BCUT2D eigenvalue weighted by Gasteiger charge is 2.29. The lowest BCUT2D eigenvalue weighted by atomic mass is 10.1. The number of rotatable bonds is 4. The molecule has 0 spiro atoms. The van der Waals surface area contributed by atoms with E-state index in [-0.39, 0.29) is 17.8 Å². The zero-order valence-corrected chi connectivity index (χ0v) is 13.3. The van der Waals surface area contributed by atoms with Crippen molar-refractivity contribution in [1.29, 1.82) is 0 Å². The number of ether oxygens (including phenoxy) is 1. The Bertz CT molecular complexity index is 545. The van der Waals surface area contributed by atoms with Crippen molar-refractivity contribution in [1.82, 2.24) is 4.90 Å². The van der Waals surface area contributed by atoms with Gasteiger partial charge in [-0.3, -0.25) is 0 Å². The van der Waals surface area contributed by atoms with E-state index in [1.807, 2.05) is 13.8 Å². The van der Waals surface area contributed by atoms with Gasteiger partial charge in [0.15, 0.2) is 17.5 Å². The first-order valence-corrected chi connectivity index (χ1v) is 7.77. The summed E-state index contributed by atoms with van der Waals surface area (Å²) in [6, 6.07) is 1.77. The number of carbonyl (C=O) groups is 1. The van der Waals surface area contributed by atoms with Crippen LogP contribution < -0.4 is 4.90 Å². The van der Waals surface area contributed by atoms with Gasteiger partial charge in [0, 0.05) is 43.5 Å². The van der Waals surface area contributed by atoms with Gasteiger partial charge in [0.25, 0.3) is 0 Å². The fourth-order valence-corrected chi connectivity index (χ4v) is 2.57. The van der Waals surface area contributed by atoms with Crippen LogP contribution in [0.1, 0.15) is 26.7 Å². The van der Waals surface area contributed by atoms with Crippen molar-refractivity contribution >= 4 is 11.8 Å². The van der Waals surface area contributed by atoms with Gasteiger partial charge in [-0.25, -0.2) is 18.0 Å². The summed E-state index contributed by atoms with van der Waals surface area (Å²) < 4.78 is 44.9. The number of piperazine rings is 1. The number of benzene rings is 1. The van der Waals surface area contributed by atoms with Gasteiger partial charge < -0.3 is 14.5 Å². The van der Waals surface area contributed by atoms with Crippen LogP contribution in [0.5, 0.6) is 0 Å². The topological polar surface area (TPSA) is 32.8 Å². The molecule has 1 aromatic carbocycles. The van der Waals surface area contributed by atoms with Crippen molar-refractivity contribution in [3.05, 3.63) is 29.6 Å². The Balaban J connectivity index is 1.99. The second-order valence-corrected chi connectivity index (χ2v) is 5.68. The molecule has 1 saturated heterocycles. The van der Waals surface area contributed by atoms with Crippen LogP contribution in [0.4, 0.5) is 23.7 Å². The van der Waals surface area contributed by atoms with E-state index in [0.29, 0.717) is 26.2 Å². The molecule has 0 saturated carbocycles. The molecule has 1 aromatic rings. The first-order valence-electron chi connectivity index (χ1n) is 7.77. The molecule has 0 bridgehead atoms. The summed E-state index contributed by atoms with van der Waals surface area (Å²) in [7, 11) is 0. The molecule has 1 atom stereocenters. The highest BCUT2D eigenvalue weighted by atomic mass is 19.2. The summed E-state index contributed by atoms with van der Waals surface area (Å²) in [6.45, 7) is 5.41. The third kappa shape index (κ3) is 4.09. The minimum Gasteiger partial charge on any atom is -0.449 e. The number of hydrogen-bond donors (Lipinski definition) is 0. The molecule has 1 heterocycles. The molecule has 0 aliphatic carbocycles. The first-order chi connectivity index (χ1) is 10.9. The summed E-state index contributed by atoms with van der Waals surface area (Å²) in [5.41, 5.74) is 0.271. The van der Waals surface area contributed by atoms with Crippen LogP contribution in [0.25, 0.3) is 0 Å². The molecule has 1 amide bonds. The SMILES string of the molecule is CCCCOC(=O)N1CCN(c2cc(F)c(F)c(F)c2)C[C@@H]1C. The van der Waals surface area contributed by atoms with Crippen molar-refractivity contribution in [2.24, 2.45) is 0 Å². The maximum absolute atomic E-state index is 13.3. The molecule has 128 valence electrons. The van der Waals surface area contributed by atoms with Crippen LogP contribution in [0.2, 0.25) is 0 Å². The van der Waals surface area contributed by atoms with E-state index in [4.69, 9.17) is 4.74 Å². The molecule has 0 N–H and O–H groups in total. The van der Waals surface area contributed by atoms with Crippen molar-refractivity contribution in [3.63, 3.8) is 0 Å². The zero-order chi connectivity index (χ0) is 17.0. The van der Waals surface area contributed by atoms with E-state index in [1.54, 1.807) is 9.80 Å². The number of anilines is 1. The molecule has 0 radical (unpaired) electrons. The van der Waals surface area contributed by atoms with Crippen molar-refractivity contribution in [2.45, 2.75) is 32.7 Å². The molecule has 4 nitrogen and oxygen atoms in total. The first kappa shape index (κ1) is 17.4. The van der Waals surface area contributed by atoms with Gasteiger partial charge in [0.2, 0.25) is 0 Å². The minimum atomic E-state index is -1.47. The number of hydrogen-bond acceptors (Lipinski definition) is 3. The second-order valence-electron chi connectivity index (χ2n) is 5.68. The molecule has 1 fully saturated rings. The maximum Gasteiger partial charge on any atom is 0.410 e. The normalized spacial score (nSPS) is 18.2. The Kier molecular flexibility index (Phi) is 5.74. The lowest BCUT2D eigenvalue weighted by Crippen LogP contribution is -2.54. The average molecular weight is 330 g/mol. The summed E-state index contributed by atoms with van der Waals surface area (Å²) in [6.07, 6.45) is 1.38. The summed E-state index contributed by atoms with van der Waals surface area (Å²) in [5, 5.41) is 0. The third-order valence-electron chi connectivity index (χ3n) is 3.92. The van der Waals surface area contributed by atoms with Crippen LogP contribution in [0, 0.1) is 17.5 Å². The van der Waals surface area contributed by atoms with Gasteiger partial charge in [0.1, 0.15) is 0 Å². The van der Waals surface area contributed by atoms with Crippen LogP contribution >= 0.6 is 0 Å². The van der Waals surface area contributed by atoms with E-state index < -0.39 is 17.5 Å². The Morgan fingerprint density at radius 3 is 2.48 bits per heavy atom. The number of nitrogens with zero attached hydrogens (tertiary/aromatic N) is 2. The van der Waals surface area contributed by atoms with E-state index in [1.165, 1.54) is 0 Å². The van der Waals surface area contributed by atoms with Crippen LogP contribution in [-0.4, -0.2) is 43.3 Å². The molecular weight excluding hydrogens is 309 g/mol. The number of amides is 1. The standard InChI is InChI=1S/C16H21F3N2O2/c1-3-4-7-23-16(22)21-6-5-20(10-11(21)2)12-8-13(17)15(19)14(18)9-12/h8-9,11H,3-7,10H2,1-2H3/t11-/m0/s1. The maximum atomic E-state index is 13.3. The fourth-order valence-electron chi connectivity index (χ4n) is 2.57. The third-order valence-corrected chi connectivity index (χ3v) is 3.92. The molecule has 1 aliphatic heterocycles. The quantitative estimate of drug-likeness (QED) is 0.625. The summed E-state index contributed by atoms with van der Waals surface area (Å²) >= 11 is 0. The molecule has 0 aromatic heterocycles. The lowest BCUT2D eigenvalue weighted by molar-refractivity contribution is 0.0839. The smallest absolute Gasteiger partial charge is 0.410 e. The van der Waals surface area contributed by atoms with Crippen molar-refractivity contribution < 1.29 is 22.7 Å². The molecule has 23 heavy (non-hydrogen) atoms. The van der Waals surface area contributed by atoms with E-state index in [2.05, 4.69) is 0 Å². The molecule has 0 unspecified atom stereocenters. The average Bonchev–Trinajstić information content (AvgIpc) is 2.52. The lowest BCUT2D eigenvalue weighted by Gasteiger charge is -2.40. The summed E-state index contributed by atoms with van der Waals surface area (Å²) in [5.74, 6) is -3.90.